The highest BCUT2D eigenvalue weighted by atomic mass is 16.3. The molecule has 0 fully saturated rings. The summed E-state index contributed by atoms with van der Waals surface area (Å²) in [7, 11) is 1.81. The molecule has 3 heterocycles. The molecule has 0 aliphatic heterocycles. The van der Waals surface area contributed by atoms with Crippen LogP contribution in [0.25, 0.3) is 44.1 Å². The lowest BCUT2D eigenvalue weighted by atomic mass is 9.97. The van der Waals surface area contributed by atoms with Crippen LogP contribution in [0, 0.1) is 34.5 Å². The van der Waals surface area contributed by atoms with E-state index in [4.69, 9.17) is 12.6 Å². The normalized spacial score (nSPS) is 15.7. The lowest BCUT2D eigenvalue weighted by molar-refractivity contribution is -0.660. The third kappa shape index (κ3) is 2.57. The quantitative estimate of drug-likeness (QED) is 0.322. The number of furan rings is 1. The Hall–Kier alpha value is -3.20. The van der Waals surface area contributed by atoms with E-state index in [2.05, 4.69) is 4.98 Å². The molecule has 2 aromatic carbocycles. The zero-order valence-electron chi connectivity index (χ0n) is 22.8. The maximum absolute atomic E-state index is 8.30. The zero-order valence-corrected chi connectivity index (χ0v) is 16.8. The number of benzene rings is 2. The van der Waals surface area contributed by atoms with E-state index >= 15 is 0 Å². The van der Waals surface area contributed by atoms with Crippen LogP contribution in [0.15, 0.2) is 47.1 Å². The molecule has 29 heavy (non-hydrogen) atoms. The SMILES string of the molecule is [2H]C([2H])([2H])c1c[n+](C)c(-c2c(C)ccc3c2oc2cc4cc(C)cnc4c(C([2H])([2H])[2H])c23)cc1C. The van der Waals surface area contributed by atoms with E-state index in [1.807, 2.05) is 44.2 Å². The molecule has 3 heteroatoms. The van der Waals surface area contributed by atoms with Gasteiger partial charge in [-0.05, 0) is 68.9 Å². The highest BCUT2D eigenvalue weighted by Gasteiger charge is 2.22. The van der Waals surface area contributed by atoms with Gasteiger partial charge in [-0.25, -0.2) is 4.57 Å². The lowest BCUT2D eigenvalue weighted by Gasteiger charge is -2.08. The summed E-state index contributed by atoms with van der Waals surface area (Å²) in [4.78, 5) is 4.48. The van der Waals surface area contributed by atoms with E-state index in [1.165, 1.54) is 0 Å². The van der Waals surface area contributed by atoms with Crippen molar-refractivity contribution >= 4 is 32.8 Å². The van der Waals surface area contributed by atoms with Gasteiger partial charge in [-0.1, -0.05) is 12.1 Å². The van der Waals surface area contributed by atoms with Gasteiger partial charge in [0.1, 0.15) is 18.2 Å². The second-order valence-electron chi connectivity index (χ2n) is 7.81. The molecule has 0 N–H and O–H groups in total. The predicted octanol–water partition coefficient (Wildman–Crippen LogP) is 6.17. The fourth-order valence-corrected chi connectivity index (χ4v) is 4.12. The van der Waals surface area contributed by atoms with Crippen molar-refractivity contribution in [3.05, 3.63) is 70.5 Å². The molecule has 144 valence electrons. The summed E-state index contributed by atoms with van der Waals surface area (Å²) in [6, 6.07) is 9.44. The zero-order chi connectivity index (χ0) is 25.4. The van der Waals surface area contributed by atoms with E-state index in [0.717, 1.165) is 22.4 Å². The van der Waals surface area contributed by atoms with Gasteiger partial charge in [0.15, 0.2) is 6.20 Å². The van der Waals surface area contributed by atoms with Gasteiger partial charge in [0.2, 0.25) is 5.69 Å². The summed E-state index contributed by atoms with van der Waals surface area (Å²) in [5.74, 6) is 0. The number of nitrogens with zero attached hydrogens (tertiary/aromatic N) is 2. The number of rotatable bonds is 1. The molecule has 0 aliphatic rings. The van der Waals surface area contributed by atoms with E-state index in [1.54, 1.807) is 30.9 Å². The average Bonchev–Trinajstić information content (AvgIpc) is 3.09. The fourth-order valence-electron chi connectivity index (χ4n) is 4.12. The molecule has 0 amide bonds. The van der Waals surface area contributed by atoms with Crippen LogP contribution in [0.3, 0.4) is 0 Å². The van der Waals surface area contributed by atoms with Crippen LogP contribution in [0.5, 0.6) is 0 Å². The summed E-state index contributed by atoms with van der Waals surface area (Å²) in [5.41, 5.74) is 6.05. The Bertz CT molecular complexity index is 1660. The molecule has 3 nitrogen and oxygen atoms in total. The summed E-state index contributed by atoms with van der Waals surface area (Å²) in [6.07, 6.45) is 3.31. The minimum Gasteiger partial charge on any atom is -0.455 e. The Morgan fingerprint density at radius 3 is 2.66 bits per heavy atom. The predicted molar refractivity (Wildman–Crippen MR) is 119 cm³/mol. The molecular weight excluding hydrogens is 356 g/mol. The maximum Gasteiger partial charge on any atom is 0.216 e. The third-order valence-corrected chi connectivity index (χ3v) is 5.66. The Balaban J connectivity index is 1.93. The van der Waals surface area contributed by atoms with Crippen LogP contribution < -0.4 is 4.57 Å². The Morgan fingerprint density at radius 1 is 1.00 bits per heavy atom. The number of pyridine rings is 2. The molecule has 3 aromatic heterocycles. The van der Waals surface area contributed by atoms with Gasteiger partial charge in [0.25, 0.3) is 0 Å². The van der Waals surface area contributed by atoms with Gasteiger partial charge in [0.05, 0.1) is 11.1 Å². The highest BCUT2D eigenvalue weighted by Crippen LogP contribution is 2.40. The Labute approximate surface area is 179 Å². The molecule has 5 rings (SSSR count). The van der Waals surface area contributed by atoms with E-state index in [0.29, 0.717) is 38.4 Å². The van der Waals surface area contributed by atoms with Crippen molar-refractivity contribution in [2.75, 3.05) is 0 Å². The summed E-state index contributed by atoms with van der Waals surface area (Å²) in [5, 5.41) is 1.93. The van der Waals surface area contributed by atoms with Crippen molar-refractivity contribution in [1.82, 2.24) is 4.98 Å². The first-order valence-electron chi connectivity index (χ1n) is 12.5. The lowest BCUT2D eigenvalue weighted by Crippen LogP contribution is -2.31. The van der Waals surface area contributed by atoms with Crippen molar-refractivity contribution < 1.29 is 17.2 Å². The summed E-state index contributed by atoms with van der Waals surface area (Å²) in [6.45, 7) is 1.04. The van der Waals surface area contributed by atoms with Crippen LogP contribution >= 0.6 is 0 Å². The number of aryl methyl sites for hydroxylation is 6. The van der Waals surface area contributed by atoms with Gasteiger partial charge in [-0.2, -0.15) is 0 Å². The van der Waals surface area contributed by atoms with Crippen molar-refractivity contribution in [1.29, 1.82) is 0 Å². The van der Waals surface area contributed by atoms with Gasteiger partial charge >= 0.3 is 0 Å². The minimum atomic E-state index is -2.40. The van der Waals surface area contributed by atoms with E-state index in [-0.39, 0.29) is 11.1 Å². The van der Waals surface area contributed by atoms with Crippen molar-refractivity contribution in [3.63, 3.8) is 0 Å². The average molecular weight is 388 g/mol. The monoisotopic (exact) mass is 387 g/mol. The topological polar surface area (TPSA) is 29.9 Å². The summed E-state index contributed by atoms with van der Waals surface area (Å²) >= 11 is 0. The standard InChI is InChI=1S/C26H25N2O/c1-14-9-19-11-22-24(18(5)25(19)27-12-14)20-8-7-15(2)23(26(20)29-22)21-10-16(3)17(4)13-28(21)6/h7-13H,1-6H3/q+1/i4D3,5D3. The first kappa shape index (κ1) is 12.4. The maximum atomic E-state index is 8.30. The molecule has 0 spiro atoms. The van der Waals surface area contributed by atoms with Gasteiger partial charge < -0.3 is 4.42 Å². The van der Waals surface area contributed by atoms with Crippen LogP contribution in [-0.2, 0) is 7.05 Å². The molecule has 0 saturated heterocycles. The summed E-state index contributed by atoms with van der Waals surface area (Å²) < 4.78 is 56.6. The van der Waals surface area contributed by atoms with Crippen molar-refractivity contribution in [2.24, 2.45) is 7.05 Å². The first-order chi connectivity index (χ1) is 16.3. The molecular formula is C26H25N2O+. The Kier molecular flexibility index (Phi) is 2.62. The second kappa shape index (κ2) is 6.15. The molecule has 0 aliphatic carbocycles. The van der Waals surface area contributed by atoms with E-state index in [9.17, 15) is 0 Å². The molecule has 0 bridgehead atoms. The van der Waals surface area contributed by atoms with Crippen LogP contribution in [-0.4, -0.2) is 4.98 Å². The van der Waals surface area contributed by atoms with Crippen LogP contribution in [0.1, 0.15) is 36.0 Å². The number of hydrogen-bond donors (Lipinski definition) is 0. The molecule has 0 unspecified atom stereocenters. The van der Waals surface area contributed by atoms with Crippen LogP contribution in [0.2, 0.25) is 0 Å². The van der Waals surface area contributed by atoms with Crippen molar-refractivity contribution in [2.45, 2.75) is 34.5 Å². The molecule has 0 saturated carbocycles. The minimum absolute atomic E-state index is 0.178. The number of aromatic nitrogens is 2. The first-order valence-corrected chi connectivity index (χ1v) is 9.54. The van der Waals surface area contributed by atoms with Crippen molar-refractivity contribution in [3.8, 4) is 11.3 Å². The molecule has 0 radical (unpaired) electrons. The second-order valence-corrected chi connectivity index (χ2v) is 7.81. The smallest absolute Gasteiger partial charge is 0.216 e. The third-order valence-electron chi connectivity index (χ3n) is 5.66. The highest BCUT2D eigenvalue weighted by molar-refractivity contribution is 6.15. The fraction of sp³-hybridized carbons (Fsp3) is 0.231. The van der Waals surface area contributed by atoms with Crippen LogP contribution in [0.4, 0.5) is 0 Å². The van der Waals surface area contributed by atoms with Gasteiger partial charge in [-0.15, -0.1) is 0 Å². The van der Waals surface area contributed by atoms with Gasteiger partial charge in [-0.3, -0.25) is 4.98 Å². The molecule has 5 aromatic rings. The number of hydrogen-bond acceptors (Lipinski definition) is 2. The molecule has 0 atom stereocenters. The van der Waals surface area contributed by atoms with E-state index < -0.39 is 13.7 Å². The van der Waals surface area contributed by atoms with Gasteiger partial charge in [0, 0.05) is 42.2 Å². The largest absolute Gasteiger partial charge is 0.455 e. The Morgan fingerprint density at radius 2 is 1.86 bits per heavy atom. The number of fused-ring (bicyclic) bond motifs is 4.